The van der Waals surface area contributed by atoms with E-state index in [1.54, 1.807) is 66.7 Å². The van der Waals surface area contributed by atoms with Crippen LogP contribution in [0.3, 0.4) is 0 Å². The van der Waals surface area contributed by atoms with Crippen molar-refractivity contribution in [3.8, 4) is 0 Å². The lowest BCUT2D eigenvalue weighted by Crippen LogP contribution is -2.11. The van der Waals surface area contributed by atoms with Gasteiger partial charge in [0.2, 0.25) is 0 Å². The SMILES string of the molecule is O=C1Nc2cc(C(=O)c3cccc(NC(=O)c4cccs4)c3)ccc2C1=CNc1ccc(C(=O)O)cc1. The zero-order valence-electron chi connectivity index (χ0n) is 19.1. The molecule has 2 heterocycles. The Morgan fingerprint density at radius 3 is 2.32 bits per heavy atom. The molecule has 0 aliphatic carbocycles. The number of fused-ring (bicyclic) bond motifs is 1. The van der Waals surface area contributed by atoms with Crippen molar-refractivity contribution in [3.05, 3.63) is 118 Å². The van der Waals surface area contributed by atoms with Gasteiger partial charge in [-0.25, -0.2) is 4.79 Å². The normalized spacial score (nSPS) is 13.1. The summed E-state index contributed by atoms with van der Waals surface area (Å²) < 4.78 is 0. The number of carboxylic acid groups (broad SMARTS) is 1. The van der Waals surface area contributed by atoms with Crippen LogP contribution >= 0.6 is 11.3 Å². The summed E-state index contributed by atoms with van der Waals surface area (Å²) in [6.45, 7) is 0. The van der Waals surface area contributed by atoms with Gasteiger partial charge in [0.1, 0.15) is 0 Å². The second-order valence-electron chi connectivity index (χ2n) is 8.14. The summed E-state index contributed by atoms with van der Waals surface area (Å²) in [7, 11) is 0. The predicted molar refractivity (Wildman–Crippen MR) is 142 cm³/mol. The van der Waals surface area contributed by atoms with Gasteiger partial charge in [0.05, 0.1) is 16.0 Å². The van der Waals surface area contributed by atoms with E-state index in [1.165, 1.54) is 29.7 Å². The average molecular weight is 510 g/mol. The van der Waals surface area contributed by atoms with Gasteiger partial charge in [-0.2, -0.15) is 0 Å². The number of hydrogen-bond acceptors (Lipinski definition) is 6. The van der Waals surface area contributed by atoms with E-state index in [-0.39, 0.29) is 23.2 Å². The van der Waals surface area contributed by atoms with Gasteiger partial charge in [0.15, 0.2) is 5.78 Å². The lowest BCUT2D eigenvalue weighted by molar-refractivity contribution is -0.110. The summed E-state index contributed by atoms with van der Waals surface area (Å²) in [5.74, 6) is -1.84. The standard InChI is InChI=1S/C28H19N3O5S/c32-25(17-3-1-4-20(13-17)30-27(34)24-5-2-12-37-24)18-8-11-21-22(26(33)31-23(21)14-18)15-29-19-9-6-16(7-10-19)28(35)36/h1-15,29H,(H,30,34)(H,31,33)(H,35,36). The maximum absolute atomic E-state index is 13.2. The molecule has 182 valence electrons. The first-order chi connectivity index (χ1) is 17.9. The van der Waals surface area contributed by atoms with Crippen LogP contribution in [0.4, 0.5) is 17.1 Å². The summed E-state index contributed by atoms with van der Waals surface area (Å²) in [4.78, 5) is 49.7. The number of benzene rings is 3. The Kier molecular flexibility index (Phi) is 6.36. The summed E-state index contributed by atoms with van der Waals surface area (Å²) in [6, 6.07) is 21.3. The average Bonchev–Trinajstić information content (AvgIpc) is 3.55. The Hall–Kier alpha value is -5.02. The maximum atomic E-state index is 13.2. The first-order valence-corrected chi connectivity index (χ1v) is 12.0. The topological polar surface area (TPSA) is 125 Å². The van der Waals surface area contributed by atoms with Crippen LogP contribution in [0.1, 0.15) is 41.5 Å². The fourth-order valence-electron chi connectivity index (χ4n) is 3.85. The molecule has 0 atom stereocenters. The van der Waals surface area contributed by atoms with Crippen molar-refractivity contribution in [1.29, 1.82) is 0 Å². The van der Waals surface area contributed by atoms with E-state index >= 15 is 0 Å². The number of nitrogens with one attached hydrogen (secondary N) is 3. The molecule has 1 aromatic heterocycles. The zero-order chi connectivity index (χ0) is 25.9. The minimum absolute atomic E-state index is 0.162. The van der Waals surface area contributed by atoms with Gasteiger partial charge in [-0.15, -0.1) is 11.3 Å². The molecule has 0 bridgehead atoms. The van der Waals surface area contributed by atoms with Crippen LogP contribution < -0.4 is 16.0 Å². The van der Waals surface area contributed by atoms with Gasteiger partial charge >= 0.3 is 5.97 Å². The Labute approximate surface area is 215 Å². The molecule has 5 rings (SSSR count). The van der Waals surface area contributed by atoms with Crippen molar-refractivity contribution in [3.63, 3.8) is 0 Å². The highest BCUT2D eigenvalue weighted by molar-refractivity contribution is 7.12. The lowest BCUT2D eigenvalue weighted by atomic mass is 9.99. The molecular formula is C28H19N3O5S. The Bertz CT molecular complexity index is 1570. The molecule has 0 fully saturated rings. The molecule has 0 unspecified atom stereocenters. The fraction of sp³-hybridized carbons (Fsp3) is 0. The van der Waals surface area contributed by atoms with E-state index < -0.39 is 5.97 Å². The van der Waals surface area contributed by atoms with Gasteiger partial charge in [0, 0.05) is 40.0 Å². The molecule has 1 aliphatic rings. The third-order valence-electron chi connectivity index (χ3n) is 5.71. The number of hydrogen-bond donors (Lipinski definition) is 4. The van der Waals surface area contributed by atoms with Crippen LogP contribution in [-0.4, -0.2) is 28.7 Å². The van der Waals surface area contributed by atoms with Gasteiger partial charge in [0.25, 0.3) is 11.8 Å². The van der Waals surface area contributed by atoms with E-state index in [9.17, 15) is 19.2 Å². The molecular weight excluding hydrogens is 490 g/mol. The molecule has 4 N–H and O–H groups in total. The molecule has 2 amide bonds. The summed E-state index contributed by atoms with van der Waals surface area (Å²) in [5.41, 5.74) is 3.60. The van der Waals surface area contributed by atoms with Gasteiger partial charge in [-0.1, -0.05) is 30.3 Å². The van der Waals surface area contributed by atoms with Crippen molar-refractivity contribution in [2.45, 2.75) is 0 Å². The van der Waals surface area contributed by atoms with Crippen molar-refractivity contribution in [1.82, 2.24) is 0 Å². The molecule has 0 saturated heterocycles. The number of aromatic carboxylic acids is 1. The molecule has 1 aliphatic heterocycles. The van der Waals surface area contributed by atoms with Crippen LogP contribution in [0.15, 0.2) is 90.4 Å². The van der Waals surface area contributed by atoms with Crippen molar-refractivity contribution < 1.29 is 24.3 Å². The summed E-state index contributed by atoms with van der Waals surface area (Å²) in [5, 5.41) is 19.4. The molecule has 9 heteroatoms. The molecule has 3 aromatic carbocycles. The minimum Gasteiger partial charge on any atom is -0.478 e. The van der Waals surface area contributed by atoms with Gasteiger partial charge in [-0.05, 0) is 53.9 Å². The largest absolute Gasteiger partial charge is 0.478 e. The molecule has 0 radical (unpaired) electrons. The minimum atomic E-state index is -1.02. The Morgan fingerprint density at radius 2 is 1.59 bits per heavy atom. The number of anilines is 3. The van der Waals surface area contributed by atoms with Crippen molar-refractivity contribution >= 4 is 57.5 Å². The Balaban J connectivity index is 1.33. The molecule has 8 nitrogen and oxygen atoms in total. The van der Waals surface area contributed by atoms with E-state index in [0.717, 1.165) is 0 Å². The van der Waals surface area contributed by atoms with E-state index in [4.69, 9.17) is 5.11 Å². The van der Waals surface area contributed by atoms with Crippen LogP contribution in [0.2, 0.25) is 0 Å². The first-order valence-electron chi connectivity index (χ1n) is 11.1. The van der Waals surface area contributed by atoms with Crippen LogP contribution in [0.25, 0.3) is 5.57 Å². The number of carbonyl (C=O) groups excluding carboxylic acids is 3. The van der Waals surface area contributed by atoms with Crippen LogP contribution in [-0.2, 0) is 4.79 Å². The number of carbonyl (C=O) groups is 4. The van der Waals surface area contributed by atoms with Gasteiger partial charge < -0.3 is 21.1 Å². The summed E-state index contributed by atoms with van der Waals surface area (Å²) >= 11 is 1.33. The second-order valence-corrected chi connectivity index (χ2v) is 9.09. The fourth-order valence-corrected chi connectivity index (χ4v) is 4.47. The Morgan fingerprint density at radius 1 is 0.838 bits per heavy atom. The predicted octanol–water partition coefficient (Wildman–Crippen LogP) is 5.33. The maximum Gasteiger partial charge on any atom is 0.335 e. The van der Waals surface area contributed by atoms with Gasteiger partial charge in [-0.3, -0.25) is 14.4 Å². The monoisotopic (exact) mass is 509 g/mol. The van der Waals surface area contributed by atoms with E-state index in [2.05, 4.69) is 16.0 Å². The number of amides is 2. The number of ketones is 1. The smallest absolute Gasteiger partial charge is 0.335 e. The highest BCUT2D eigenvalue weighted by atomic mass is 32.1. The molecule has 4 aromatic rings. The summed E-state index contributed by atoms with van der Waals surface area (Å²) in [6.07, 6.45) is 1.54. The quantitative estimate of drug-likeness (QED) is 0.197. The number of rotatable bonds is 7. The van der Waals surface area contributed by atoms with Crippen LogP contribution in [0.5, 0.6) is 0 Å². The highest BCUT2D eigenvalue weighted by Gasteiger charge is 2.25. The molecule has 37 heavy (non-hydrogen) atoms. The molecule has 0 saturated carbocycles. The van der Waals surface area contributed by atoms with Crippen molar-refractivity contribution in [2.75, 3.05) is 16.0 Å². The number of carboxylic acids is 1. The van der Waals surface area contributed by atoms with E-state index in [0.29, 0.717) is 44.2 Å². The third-order valence-corrected chi connectivity index (χ3v) is 6.58. The second kappa shape index (κ2) is 9.92. The first kappa shape index (κ1) is 23.7. The van der Waals surface area contributed by atoms with E-state index in [1.807, 2.05) is 5.38 Å². The lowest BCUT2D eigenvalue weighted by Gasteiger charge is -2.08. The highest BCUT2D eigenvalue weighted by Crippen LogP contribution is 2.33. The third kappa shape index (κ3) is 5.02. The van der Waals surface area contributed by atoms with Crippen LogP contribution in [0, 0.1) is 0 Å². The number of thiophene rings is 1. The zero-order valence-corrected chi connectivity index (χ0v) is 20.0. The van der Waals surface area contributed by atoms with Crippen molar-refractivity contribution in [2.24, 2.45) is 0 Å². The molecule has 0 spiro atoms.